The minimum Gasteiger partial charge on any atom is -0.496 e. The number of methoxy groups -OCH3 is 1. The van der Waals surface area contributed by atoms with Crippen LogP contribution < -0.4 is 10.1 Å². The van der Waals surface area contributed by atoms with Crippen LogP contribution in [0.5, 0.6) is 5.75 Å². The number of halogens is 1. The Morgan fingerprint density at radius 3 is 2.90 bits per heavy atom. The molecule has 0 amide bonds. The van der Waals surface area contributed by atoms with Crippen LogP contribution >= 0.6 is 11.6 Å². The van der Waals surface area contributed by atoms with E-state index >= 15 is 0 Å². The number of aromatic nitrogens is 2. The van der Waals surface area contributed by atoms with Crippen molar-refractivity contribution in [3.8, 4) is 17.1 Å². The molecule has 20 heavy (non-hydrogen) atoms. The summed E-state index contributed by atoms with van der Waals surface area (Å²) < 4.78 is 10.7. The fourth-order valence-electron chi connectivity index (χ4n) is 2.43. The Hall–Kier alpha value is -1.59. The molecule has 2 heterocycles. The van der Waals surface area contributed by atoms with Crippen molar-refractivity contribution in [3.63, 3.8) is 0 Å². The quantitative estimate of drug-likeness (QED) is 0.943. The van der Waals surface area contributed by atoms with Gasteiger partial charge in [-0.3, -0.25) is 0 Å². The van der Waals surface area contributed by atoms with Crippen LogP contribution in [0.2, 0.25) is 5.02 Å². The summed E-state index contributed by atoms with van der Waals surface area (Å²) in [5.74, 6) is 2.25. The normalized spacial score (nSPS) is 16.3. The first kappa shape index (κ1) is 13.4. The predicted molar refractivity (Wildman–Crippen MR) is 76.1 cm³/mol. The van der Waals surface area contributed by atoms with Crippen LogP contribution in [0.15, 0.2) is 22.7 Å². The van der Waals surface area contributed by atoms with E-state index in [9.17, 15) is 0 Å². The molecule has 1 fully saturated rings. The van der Waals surface area contributed by atoms with Crippen LogP contribution in [0.4, 0.5) is 0 Å². The molecule has 0 bridgehead atoms. The monoisotopic (exact) mass is 293 g/mol. The van der Waals surface area contributed by atoms with Crippen LogP contribution in [-0.2, 0) is 0 Å². The molecule has 0 aliphatic carbocycles. The lowest BCUT2D eigenvalue weighted by atomic mass is 9.98. The van der Waals surface area contributed by atoms with E-state index in [-0.39, 0.29) is 0 Å². The van der Waals surface area contributed by atoms with Crippen LogP contribution in [0, 0.1) is 0 Å². The van der Waals surface area contributed by atoms with Gasteiger partial charge in [0.25, 0.3) is 0 Å². The van der Waals surface area contributed by atoms with Crippen LogP contribution in [0.3, 0.4) is 0 Å². The number of ether oxygens (including phenoxy) is 1. The molecule has 0 atom stereocenters. The summed E-state index contributed by atoms with van der Waals surface area (Å²) in [4.78, 5) is 4.51. The third-order valence-corrected chi connectivity index (χ3v) is 3.77. The van der Waals surface area contributed by atoms with Gasteiger partial charge < -0.3 is 14.6 Å². The molecule has 1 aromatic carbocycles. The molecule has 1 aromatic heterocycles. The van der Waals surface area contributed by atoms with Crippen molar-refractivity contribution in [2.75, 3.05) is 20.2 Å². The Morgan fingerprint density at radius 2 is 2.15 bits per heavy atom. The highest BCUT2D eigenvalue weighted by Crippen LogP contribution is 2.32. The maximum Gasteiger partial charge on any atom is 0.230 e. The maximum atomic E-state index is 6.03. The van der Waals surface area contributed by atoms with Gasteiger partial charge in [-0.05, 0) is 44.1 Å². The van der Waals surface area contributed by atoms with Gasteiger partial charge in [0.2, 0.25) is 11.7 Å². The van der Waals surface area contributed by atoms with Crippen molar-refractivity contribution in [1.29, 1.82) is 0 Å². The van der Waals surface area contributed by atoms with E-state index in [1.54, 1.807) is 25.3 Å². The van der Waals surface area contributed by atoms with E-state index in [0.29, 0.717) is 28.4 Å². The number of hydrogen-bond donors (Lipinski definition) is 1. The second-order valence-electron chi connectivity index (χ2n) is 4.83. The van der Waals surface area contributed by atoms with Gasteiger partial charge in [0.1, 0.15) is 5.75 Å². The van der Waals surface area contributed by atoms with Gasteiger partial charge in [-0.15, -0.1) is 0 Å². The lowest BCUT2D eigenvalue weighted by Gasteiger charge is -2.18. The van der Waals surface area contributed by atoms with Gasteiger partial charge >= 0.3 is 0 Å². The first-order valence-corrected chi connectivity index (χ1v) is 7.04. The molecule has 2 aromatic rings. The molecule has 1 N–H and O–H groups in total. The van der Waals surface area contributed by atoms with E-state index in [0.717, 1.165) is 31.5 Å². The SMILES string of the molecule is COc1ccc(Cl)cc1-c1noc(C2CCNCC2)n1. The third-order valence-electron chi connectivity index (χ3n) is 3.53. The molecular formula is C14H16ClN3O2. The zero-order valence-corrected chi connectivity index (χ0v) is 12.0. The summed E-state index contributed by atoms with van der Waals surface area (Å²) in [7, 11) is 1.61. The molecule has 3 rings (SSSR count). The zero-order valence-electron chi connectivity index (χ0n) is 11.2. The van der Waals surface area contributed by atoms with Gasteiger partial charge in [0, 0.05) is 10.9 Å². The lowest BCUT2D eigenvalue weighted by Crippen LogP contribution is -2.26. The largest absolute Gasteiger partial charge is 0.496 e. The van der Waals surface area contributed by atoms with Crippen molar-refractivity contribution in [1.82, 2.24) is 15.5 Å². The van der Waals surface area contributed by atoms with Gasteiger partial charge in [0.05, 0.1) is 12.7 Å². The first-order valence-electron chi connectivity index (χ1n) is 6.66. The summed E-state index contributed by atoms with van der Waals surface area (Å²) in [5, 5.41) is 8.01. The summed E-state index contributed by atoms with van der Waals surface area (Å²) in [6.07, 6.45) is 2.04. The number of benzene rings is 1. The zero-order chi connectivity index (χ0) is 13.9. The highest BCUT2D eigenvalue weighted by Gasteiger charge is 2.22. The highest BCUT2D eigenvalue weighted by atomic mass is 35.5. The average molecular weight is 294 g/mol. The van der Waals surface area contributed by atoms with Gasteiger partial charge in [-0.25, -0.2) is 0 Å². The minimum atomic E-state index is 0.336. The van der Waals surface area contributed by atoms with E-state index in [2.05, 4.69) is 15.5 Å². The van der Waals surface area contributed by atoms with Gasteiger partial charge in [-0.1, -0.05) is 16.8 Å². The maximum absolute atomic E-state index is 6.03. The molecule has 5 nitrogen and oxygen atoms in total. The Kier molecular flexibility index (Phi) is 3.89. The van der Waals surface area contributed by atoms with Crippen molar-refractivity contribution in [2.45, 2.75) is 18.8 Å². The minimum absolute atomic E-state index is 0.336. The van der Waals surface area contributed by atoms with Crippen molar-refractivity contribution < 1.29 is 9.26 Å². The topological polar surface area (TPSA) is 60.2 Å². The second kappa shape index (κ2) is 5.81. The Bertz CT molecular complexity index is 594. The molecule has 6 heteroatoms. The third kappa shape index (κ3) is 2.64. The molecule has 0 unspecified atom stereocenters. The summed E-state index contributed by atoms with van der Waals surface area (Å²) in [5.41, 5.74) is 0.754. The number of nitrogens with one attached hydrogen (secondary N) is 1. The molecule has 1 aliphatic heterocycles. The second-order valence-corrected chi connectivity index (χ2v) is 5.26. The molecule has 1 aliphatic rings. The van der Waals surface area contributed by atoms with Gasteiger partial charge in [-0.2, -0.15) is 4.98 Å². The molecule has 0 spiro atoms. The van der Waals surface area contributed by atoms with Crippen LogP contribution in [0.25, 0.3) is 11.4 Å². The number of nitrogens with zero attached hydrogens (tertiary/aromatic N) is 2. The van der Waals surface area contributed by atoms with E-state index in [1.807, 2.05) is 0 Å². The molecule has 106 valence electrons. The predicted octanol–water partition coefficient (Wildman–Crippen LogP) is 2.87. The number of hydrogen-bond acceptors (Lipinski definition) is 5. The Labute approximate surface area is 122 Å². The van der Waals surface area contributed by atoms with Crippen LogP contribution in [-0.4, -0.2) is 30.3 Å². The smallest absolute Gasteiger partial charge is 0.230 e. The summed E-state index contributed by atoms with van der Waals surface area (Å²) >= 11 is 6.03. The average Bonchev–Trinajstić information content (AvgIpc) is 2.98. The van der Waals surface area contributed by atoms with E-state index in [4.69, 9.17) is 20.9 Å². The fourth-order valence-corrected chi connectivity index (χ4v) is 2.61. The van der Waals surface area contributed by atoms with Gasteiger partial charge in [0.15, 0.2) is 0 Å². The molecule has 1 saturated heterocycles. The number of rotatable bonds is 3. The van der Waals surface area contributed by atoms with Crippen molar-refractivity contribution in [3.05, 3.63) is 29.1 Å². The fraction of sp³-hybridized carbons (Fsp3) is 0.429. The van der Waals surface area contributed by atoms with Crippen molar-refractivity contribution >= 4 is 11.6 Å². The standard InChI is InChI=1S/C14H16ClN3O2/c1-19-12-3-2-10(15)8-11(12)13-17-14(20-18-13)9-4-6-16-7-5-9/h2-3,8-9,16H,4-7H2,1H3. The van der Waals surface area contributed by atoms with E-state index < -0.39 is 0 Å². The molecular weight excluding hydrogens is 278 g/mol. The van der Waals surface area contributed by atoms with Crippen molar-refractivity contribution in [2.24, 2.45) is 0 Å². The first-order chi connectivity index (χ1) is 9.78. The highest BCUT2D eigenvalue weighted by molar-refractivity contribution is 6.30. The Morgan fingerprint density at radius 1 is 1.35 bits per heavy atom. The van der Waals surface area contributed by atoms with Crippen LogP contribution in [0.1, 0.15) is 24.7 Å². The molecule has 0 saturated carbocycles. The summed E-state index contributed by atoms with van der Waals surface area (Å²) in [6.45, 7) is 1.98. The summed E-state index contributed by atoms with van der Waals surface area (Å²) in [6, 6.07) is 5.37. The Balaban J connectivity index is 1.91. The lowest BCUT2D eigenvalue weighted by molar-refractivity contribution is 0.320. The number of piperidine rings is 1. The van der Waals surface area contributed by atoms with E-state index in [1.165, 1.54) is 0 Å². The molecule has 0 radical (unpaired) electrons.